The molecular formula is C22H35N3O7. The average molecular weight is 454 g/mol. The van der Waals surface area contributed by atoms with E-state index < -0.39 is 40.8 Å². The summed E-state index contributed by atoms with van der Waals surface area (Å²) in [6.07, 6.45) is 0.912. The van der Waals surface area contributed by atoms with Gasteiger partial charge in [0.15, 0.2) is 0 Å². The van der Waals surface area contributed by atoms with Gasteiger partial charge in [0, 0.05) is 6.20 Å². The van der Waals surface area contributed by atoms with Gasteiger partial charge >= 0.3 is 17.6 Å². The second-order valence-corrected chi connectivity index (χ2v) is 9.81. The molecule has 1 aliphatic rings. The molecule has 0 amide bonds. The maximum absolute atomic E-state index is 12.6. The monoisotopic (exact) mass is 453 g/mol. The number of nitrogens with two attached hydrogens (primary N) is 1. The molecule has 10 nitrogen and oxygen atoms in total. The van der Waals surface area contributed by atoms with E-state index >= 15 is 0 Å². The summed E-state index contributed by atoms with van der Waals surface area (Å²) in [4.78, 5) is 40.2. The highest BCUT2D eigenvalue weighted by atomic mass is 16.6. The van der Waals surface area contributed by atoms with Crippen LogP contribution in [-0.4, -0.2) is 58.6 Å². The van der Waals surface area contributed by atoms with E-state index in [9.17, 15) is 19.5 Å². The van der Waals surface area contributed by atoms with Crippen LogP contribution in [0.15, 0.2) is 17.1 Å². The first-order chi connectivity index (χ1) is 14.8. The Morgan fingerprint density at radius 3 is 2.62 bits per heavy atom. The van der Waals surface area contributed by atoms with Gasteiger partial charge in [-0.3, -0.25) is 14.2 Å². The van der Waals surface area contributed by atoms with Gasteiger partial charge in [-0.15, -0.1) is 0 Å². The quantitative estimate of drug-likeness (QED) is 0.556. The number of hydrogen-bond donors (Lipinski definition) is 2. The molecule has 0 aromatic carbocycles. The number of carbonyl (C=O) groups is 2. The molecule has 1 aliphatic heterocycles. The smallest absolute Gasteiger partial charge is 0.349 e. The van der Waals surface area contributed by atoms with E-state index in [0.29, 0.717) is 19.3 Å². The van der Waals surface area contributed by atoms with E-state index in [1.807, 2.05) is 13.8 Å². The zero-order chi connectivity index (χ0) is 24.1. The van der Waals surface area contributed by atoms with Crippen molar-refractivity contribution in [2.75, 3.05) is 19.5 Å². The predicted molar refractivity (Wildman–Crippen MR) is 117 cm³/mol. The summed E-state index contributed by atoms with van der Waals surface area (Å²) in [5, 5.41) is 10.4. The van der Waals surface area contributed by atoms with Crippen molar-refractivity contribution in [1.82, 2.24) is 9.55 Å². The Labute approximate surface area is 188 Å². The maximum Gasteiger partial charge on any atom is 0.349 e. The van der Waals surface area contributed by atoms with Crippen LogP contribution in [0.1, 0.15) is 53.4 Å². The molecule has 0 spiro atoms. The van der Waals surface area contributed by atoms with Crippen LogP contribution in [0.5, 0.6) is 0 Å². The standard InChI is InChI=1S/C22H35N3O7/c1-21(2,13-22(3,4)19(28)30-5)10-18(27)32-14-6-7-15(26)16(31-12-14)11-25-9-8-17(23)24-20(25)29/h8-9,14-16,26H,6-7,10-13H2,1-5H3,(H2,23,24,29)/t14-,15+,16+/m1/s1. The molecule has 0 bridgehead atoms. The van der Waals surface area contributed by atoms with E-state index in [4.69, 9.17) is 19.9 Å². The number of aliphatic hydroxyl groups excluding tert-OH is 1. The lowest BCUT2D eigenvalue weighted by Crippen LogP contribution is -2.36. The van der Waals surface area contributed by atoms with Crippen molar-refractivity contribution < 1.29 is 28.9 Å². The van der Waals surface area contributed by atoms with Crippen molar-refractivity contribution in [3.8, 4) is 0 Å². The van der Waals surface area contributed by atoms with Crippen LogP contribution in [0.25, 0.3) is 0 Å². The number of hydrogen-bond acceptors (Lipinski definition) is 9. The lowest BCUT2D eigenvalue weighted by atomic mass is 9.73. The van der Waals surface area contributed by atoms with Crippen molar-refractivity contribution in [3.63, 3.8) is 0 Å². The predicted octanol–water partition coefficient (Wildman–Crippen LogP) is 1.28. The van der Waals surface area contributed by atoms with E-state index in [1.165, 1.54) is 23.9 Å². The van der Waals surface area contributed by atoms with Crippen molar-refractivity contribution >= 4 is 17.8 Å². The summed E-state index contributed by atoms with van der Waals surface area (Å²) in [5.74, 6) is -0.596. The maximum atomic E-state index is 12.6. The summed E-state index contributed by atoms with van der Waals surface area (Å²) >= 11 is 0. The molecule has 10 heteroatoms. The third-order valence-corrected chi connectivity index (χ3v) is 5.56. The number of methoxy groups -OCH3 is 1. The fraction of sp³-hybridized carbons (Fsp3) is 0.727. The van der Waals surface area contributed by atoms with Gasteiger partial charge in [0.1, 0.15) is 18.0 Å². The summed E-state index contributed by atoms with van der Waals surface area (Å²) in [5.41, 5.74) is 3.77. The fourth-order valence-electron chi connectivity index (χ4n) is 4.24. The highest BCUT2D eigenvalue weighted by molar-refractivity contribution is 5.76. The second-order valence-electron chi connectivity index (χ2n) is 9.81. The number of aliphatic hydroxyl groups is 1. The highest BCUT2D eigenvalue weighted by Gasteiger charge is 2.37. The molecule has 1 aromatic rings. The fourth-order valence-corrected chi connectivity index (χ4v) is 4.24. The summed E-state index contributed by atoms with van der Waals surface area (Å²) in [7, 11) is 1.35. The van der Waals surface area contributed by atoms with Gasteiger partial charge in [-0.2, -0.15) is 4.98 Å². The van der Waals surface area contributed by atoms with E-state index in [0.717, 1.165) is 0 Å². The Kier molecular flexibility index (Phi) is 8.41. The van der Waals surface area contributed by atoms with E-state index in [-0.39, 0.29) is 31.4 Å². The minimum atomic E-state index is -0.819. The van der Waals surface area contributed by atoms with Gasteiger partial charge in [-0.1, -0.05) is 13.8 Å². The number of esters is 2. The lowest BCUT2D eigenvalue weighted by molar-refractivity contribution is -0.159. The van der Waals surface area contributed by atoms with Gasteiger partial charge in [0.2, 0.25) is 0 Å². The normalized spacial score (nSPS) is 22.1. The Morgan fingerprint density at radius 1 is 1.31 bits per heavy atom. The number of rotatable bonds is 8. The molecule has 3 N–H and O–H groups in total. The number of ether oxygens (including phenoxy) is 3. The second kappa shape index (κ2) is 10.4. The number of nitrogens with zero attached hydrogens (tertiary/aromatic N) is 2. The average Bonchev–Trinajstić information content (AvgIpc) is 2.83. The zero-order valence-electron chi connectivity index (χ0n) is 19.5. The molecule has 2 heterocycles. The summed E-state index contributed by atoms with van der Waals surface area (Å²) in [6, 6.07) is 1.50. The van der Waals surface area contributed by atoms with Crippen molar-refractivity contribution in [2.45, 2.75) is 78.2 Å². The van der Waals surface area contributed by atoms with Gasteiger partial charge in [0.25, 0.3) is 0 Å². The first-order valence-electron chi connectivity index (χ1n) is 10.7. The van der Waals surface area contributed by atoms with E-state index in [1.54, 1.807) is 13.8 Å². The van der Waals surface area contributed by atoms with Crippen LogP contribution in [0.3, 0.4) is 0 Å². The Morgan fingerprint density at radius 2 is 2.00 bits per heavy atom. The van der Waals surface area contributed by atoms with Crippen LogP contribution in [0.4, 0.5) is 5.82 Å². The topological polar surface area (TPSA) is 143 Å². The van der Waals surface area contributed by atoms with Crippen molar-refractivity contribution in [3.05, 3.63) is 22.7 Å². The van der Waals surface area contributed by atoms with Gasteiger partial charge in [-0.05, 0) is 44.6 Å². The van der Waals surface area contributed by atoms with Crippen LogP contribution in [0, 0.1) is 10.8 Å². The summed E-state index contributed by atoms with van der Waals surface area (Å²) in [6.45, 7) is 7.60. The molecule has 180 valence electrons. The van der Waals surface area contributed by atoms with Gasteiger partial charge < -0.3 is 25.1 Å². The first kappa shape index (κ1) is 25.8. The molecule has 0 saturated carbocycles. The number of anilines is 1. The molecule has 3 atom stereocenters. The lowest BCUT2D eigenvalue weighted by Gasteiger charge is -2.32. The molecular weight excluding hydrogens is 418 g/mol. The SMILES string of the molecule is COC(=O)C(C)(C)CC(C)(C)CC(=O)O[C@@H]1CC[C@H](O)[C@H](Cn2ccc(N)nc2=O)OC1. The molecule has 32 heavy (non-hydrogen) atoms. The minimum Gasteiger partial charge on any atom is -0.469 e. The highest BCUT2D eigenvalue weighted by Crippen LogP contribution is 2.37. The van der Waals surface area contributed by atoms with E-state index in [2.05, 4.69) is 4.98 Å². The molecule has 1 fully saturated rings. The van der Waals surface area contributed by atoms with Gasteiger partial charge in [0.05, 0.1) is 38.2 Å². The third-order valence-electron chi connectivity index (χ3n) is 5.56. The molecule has 1 saturated heterocycles. The van der Waals surface area contributed by atoms with Crippen molar-refractivity contribution in [1.29, 1.82) is 0 Å². The third kappa shape index (κ3) is 7.30. The molecule has 0 unspecified atom stereocenters. The van der Waals surface area contributed by atoms with Crippen LogP contribution < -0.4 is 11.4 Å². The molecule has 2 rings (SSSR count). The van der Waals surface area contributed by atoms with Crippen LogP contribution in [-0.2, 0) is 30.3 Å². The number of carbonyl (C=O) groups excluding carboxylic acids is 2. The summed E-state index contributed by atoms with van der Waals surface area (Å²) < 4.78 is 17.5. The number of nitrogen functional groups attached to an aromatic ring is 1. The van der Waals surface area contributed by atoms with Crippen molar-refractivity contribution in [2.24, 2.45) is 10.8 Å². The molecule has 0 aliphatic carbocycles. The first-order valence-corrected chi connectivity index (χ1v) is 10.7. The number of aromatic nitrogens is 2. The van der Waals surface area contributed by atoms with Gasteiger partial charge in [-0.25, -0.2) is 4.79 Å². The largest absolute Gasteiger partial charge is 0.469 e. The Bertz CT molecular complexity index is 865. The van der Waals surface area contributed by atoms with Crippen LogP contribution >= 0.6 is 0 Å². The Balaban J connectivity index is 1.92. The zero-order valence-corrected chi connectivity index (χ0v) is 19.5. The minimum absolute atomic E-state index is 0.110. The van der Waals surface area contributed by atoms with Crippen LogP contribution in [0.2, 0.25) is 0 Å². The molecule has 1 aromatic heterocycles. The molecule has 0 radical (unpaired) electrons. The Hall–Kier alpha value is -2.46.